The van der Waals surface area contributed by atoms with E-state index in [1.807, 2.05) is 0 Å². The Morgan fingerprint density at radius 3 is 2.83 bits per heavy atom. The smallest absolute Gasteiger partial charge is 0.273 e. The van der Waals surface area contributed by atoms with E-state index in [4.69, 9.17) is 4.74 Å². The summed E-state index contributed by atoms with van der Waals surface area (Å²) in [5, 5.41) is 15.0. The van der Waals surface area contributed by atoms with Crippen molar-refractivity contribution in [3.05, 3.63) is 52.1 Å². The second-order valence-corrected chi connectivity index (χ2v) is 6.94. The molecule has 1 aromatic rings. The number of allylic oxidation sites excluding steroid dienone is 4. The van der Waals surface area contributed by atoms with Gasteiger partial charge in [0.25, 0.3) is 5.69 Å². The number of benzene rings is 1. The SMILES string of the molecule is COc1cc([N+](=O)[O-])cc2c1N[C@@H]([C@H]1CC=CCC1)[C@@H]1CC=C[C@H]21. The van der Waals surface area contributed by atoms with Gasteiger partial charge in [-0.15, -0.1) is 0 Å². The second-order valence-electron chi connectivity index (χ2n) is 6.94. The number of ether oxygens (including phenoxy) is 1. The maximum atomic E-state index is 11.3. The highest BCUT2D eigenvalue weighted by atomic mass is 16.6. The zero-order valence-electron chi connectivity index (χ0n) is 13.8. The lowest BCUT2D eigenvalue weighted by Gasteiger charge is -2.42. The van der Waals surface area contributed by atoms with Crippen molar-refractivity contribution < 1.29 is 9.66 Å². The van der Waals surface area contributed by atoms with Gasteiger partial charge in [0, 0.05) is 18.0 Å². The maximum absolute atomic E-state index is 11.3. The number of non-ortho nitro benzene ring substituents is 1. The molecule has 1 aromatic carbocycles. The Kier molecular flexibility index (Phi) is 3.79. The Bertz CT molecular complexity index is 726. The largest absolute Gasteiger partial charge is 0.494 e. The quantitative estimate of drug-likeness (QED) is 0.507. The molecule has 5 heteroatoms. The molecule has 2 aliphatic carbocycles. The topological polar surface area (TPSA) is 64.4 Å². The van der Waals surface area contributed by atoms with Crippen molar-refractivity contribution in [1.29, 1.82) is 0 Å². The molecule has 1 heterocycles. The van der Waals surface area contributed by atoms with Crippen LogP contribution in [0.1, 0.15) is 37.2 Å². The van der Waals surface area contributed by atoms with Crippen LogP contribution in [0.2, 0.25) is 0 Å². The molecule has 4 atom stereocenters. The Balaban J connectivity index is 1.78. The lowest BCUT2D eigenvalue weighted by Crippen LogP contribution is -2.42. The van der Waals surface area contributed by atoms with Crippen LogP contribution < -0.4 is 10.1 Å². The summed E-state index contributed by atoms with van der Waals surface area (Å²) in [6.45, 7) is 0. The summed E-state index contributed by atoms with van der Waals surface area (Å²) in [4.78, 5) is 10.9. The van der Waals surface area contributed by atoms with E-state index in [9.17, 15) is 10.1 Å². The highest BCUT2D eigenvalue weighted by Crippen LogP contribution is 2.51. The molecular formula is C19H22N2O3. The van der Waals surface area contributed by atoms with Gasteiger partial charge in [-0.2, -0.15) is 0 Å². The summed E-state index contributed by atoms with van der Waals surface area (Å²) >= 11 is 0. The van der Waals surface area contributed by atoms with Crippen molar-refractivity contribution in [3.8, 4) is 5.75 Å². The van der Waals surface area contributed by atoms with Gasteiger partial charge in [-0.3, -0.25) is 10.1 Å². The summed E-state index contributed by atoms with van der Waals surface area (Å²) in [6.07, 6.45) is 13.5. The number of anilines is 1. The molecule has 0 amide bonds. The van der Waals surface area contributed by atoms with Crippen molar-refractivity contribution in [3.63, 3.8) is 0 Å². The molecule has 1 aliphatic heterocycles. The van der Waals surface area contributed by atoms with E-state index in [-0.39, 0.29) is 16.5 Å². The molecule has 0 unspecified atom stereocenters. The van der Waals surface area contributed by atoms with Crippen molar-refractivity contribution in [2.75, 3.05) is 12.4 Å². The van der Waals surface area contributed by atoms with Crippen LogP contribution in [0.4, 0.5) is 11.4 Å². The third-order valence-electron chi connectivity index (χ3n) is 5.71. The molecule has 0 fully saturated rings. The molecule has 1 N–H and O–H groups in total. The van der Waals surface area contributed by atoms with Crippen LogP contribution in [0.25, 0.3) is 0 Å². The van der Waals surface area contributed by atoms with Crippen molar-refractivity contribution in [2.45, 2.75) is 37.6 Å². The van der Waals surface area contributed by atoms with Crippen LogP contribution in [0.5, 0.6) is 5.75 Å². The van der Waals surface area contributed by atoms with Gasteiger partial charge >= 0.3 is 0 Å². The molecule has 0 saturated carbocycles. The summed E-state index contributed by atoms with van der Waals surface area (Å²) in [5.41, 5.74) is 2.04. The summed E-state index contributed by atoms with van der Waals surface area (Å²) in [5.74, 6) is 1.90. The molecule has 0 bridgehead atoms. The van der Waals surface area contributed by atoms with E-state index in [1.165, 1.54) is 12.5 Å². The molecule has 24 heavy (non-hydrogen) atoms. The number of nitro benzene ring substituents is 1. The first-order chi connectivity index (χ1) is 11.7. The Morgan fingerprint density at radius 1 is 1.25 bits per heavy atom. The molecule has 0 spiro atoms. The zero-order valence-corrected chi connectivity index (χ0v) is 13.8. The molecule has 5 nitrogen and oxygen atoms in total. The molecule has 3 aliphatic rings. The standard InChI is InChI=1S/C19H22N2O3/c1-24-17-11-13(21(22)23)10-16-14-8-5-9-15(14)18(20-19(16)17)12-6-3-2-4-7-12/h2-3,5,8,10-12,14-15,18,20H,4,6-7,9H2,1H3/t12-,14-,15+,18-/m0/s1. The van der Waals surface area contributed by atoms with E-state index in [0.717, 1.165) is 30.5 Å². The fourth-order valence-corrected chi connectivity index (χ4v) is 4.57. The number of hydrogen-bond acceptors (Lipinski definition) is 4. The highest BCUT2D eigenvalue weighted by molar-refractivity contribution is 5.70. The normalized spacial score (nSPS) is 30.4. The molecule has 4 rings (SSSR count). The maximum Gasteiger partial charge on any atom is 0.273 e. The number of rotatable bonds is 3. The number of nitro groups is 1. The summed E-state index contributed by atoms with van der Waals surface area (Å²) in [7, 11) is 1.58. The minimum absolute atomic E-state index is 0.102. The number of fused-ring (bicyclic) bond motifs is 3. The van der Waals surface area contributed by atoms with Gasteiger partial charge in [-0.1, -0.05) is 24.3 Å². The minimum atomic E-state index is -0.339. The van der Waals surface area contributed by atoms with E-state index >= 15 is 0 Å². The van der Waals surface area contributed by atoms with Gasteiger partial charge < -0.3 is 10.1 Å². The van der Waals surface area contributed by atoms with Crippen molar-refractivity contribution in [1.82, 2.24) is 0 Å². The fraction of sp³-hybridized carbons (Fsp3) is 0.474. The molecule has 0 radical (unpaired) electrons. The third-order valence-corrected chi connectivity index (χ3v) is 5.71. The summed E-state index contributed by atoms with van der Waals surface area (Å²) in [6, 6.07) is 3.63. The van der Waals surface area contributed by atoms with E-state index in [0.29, 0.717) is 23.6 Å². The van der Waals surface area contributed by atoms with Gasteiger partial charge in [0.2, 0.25) is 0 Å². The second kappa shape index (κ2) is 5.96. The number of methoxy groups -OCH3 is 1. The molecular weight excluding hydrogens is 304 g/mol. The predicted octanol–water partition coefficient (Wildman–Crippen LogP) is 4.41. The molecule has 0 aromatic heterocycles. The van der Waals surface area contributed by atoms with Gasteiger partial charge in [-0.05, 0) is 43.1 Å². The van der Waals surface area contributed by atoms with E-state index in [2.05, 4.69) is 29.6 Å². The third kappa shape index (κ3) is 2.39. The van der Waals surface area contributed by atoms with E-state index < -0.39 is 0 Å². The average Bonchev–Trinajstić information content (AvgIpc) is 3.10. The van der Waals surface area contributed by atoms with Crippen LogP contribution in [-0.4, -0.2) is 18.1 Å². The average molecular weight is 326 g/mol. The van der Waals surface area contributed by atoms with Crippen LogP contribution in [-0.2, 0) is 0 Å². The van der Waals surface area contributed by atoms with Crippen molar-refractivity contribution in [2.24, 2.45) is 11.8 Å². The zero-order chi connectivity index (χ0) is 16.7. The Labute approximate surface area is 141 Å². The first kappa shape index (κ1) is 15.2. The Morgan fingerprint density at radius 2 is 2.12 bits per heavy atom. The van der Waals surface area contributed by atoms with Crippen LogP contribution >= 0.6 is 0 Å². The molecule has 0 saturated heterocycles. The van der Waals surface area contributed by atoms with Crippen molar-refractivity contribution >= 4 is 11.4 Å². The summed E-state index contributed by atoms with van der Waals surface area (Å²) < 4.78 is 5.48. The molecule has 126 valence electrons. The lowest BCUT2D eigenvalue weighted by molar-refractivity contribution is -0.385. The van der Waals surface area contributed by atoms with Gasteiger partial charge in [-0.25, -0.2) is 0 Å². The van der Waals surface area contributed by atoms with Gasteiger partial charge in [0.15, 0.2) is 0 Å². The van der Waals surface area contributed by atoms with Crippen LogP contribution in [0, 0.1) is 22.0 Å². The fourth-order valence-electron chi connectivity index (χ4n) is 4.57. The predicted molar refractivity (Wildman–Crippen MR) is 93.5 cm³/mol. The number of nitrogens with one attached hydrogen (secondary N) is 1. The first-order valence-corrected chi connectivity index (χ1v) is 8.63. The highest BCUT2D eigenvalue weighted by Gasteiger charge is 2.42. The number of hydrogen-bond donors (Lipinski definition) is 1. The Hall–Kier alpha value is -2.30. The van der Waals surface area contributed by atoms with E-state index in [1.54, 1.807) is 13.2 Å². The van der Waals surface area contributed by atoms with Crippen LogP contribution in [0.3, 0.4) is 0 Å². The van der Waals surface area contributed by atoms with Gasteiger partial charge in [0.05, 0.1) is 23.8 Å². The van der Waals surface area contributed by atoms with Gasteiger partial charge in [0.1, 0.15) is 5.75 Å². The monoisotopic (exact) mass is 326 g/mol. The number of nitrogens with zero attached hydrogens (tertiary/aromatic N) is 1. The van der Waals surface area contributed by atoms with Crippen LogP contribution in [0.15, 0.2) is 36.4 Å². The lowest BCUT2D eigenvalue weighted by atomic mass is 9.72. The minimum Gasteiger partial charge on any atom is -0.494 e. The first-order valence-electron chi connectivity index (χ1n) is 8.63.